The topological polar surface area (TPSA) is 29.3 Å². The van der Waals surface area contributed by atoms with Crippen molar-refractivity contribution < 1.29 is 0 Å². The highest BCUT2D eigenvalue weighted by Gasteiger charge is 2.22. The third-order valence-corrected chi connectivity index (χ3v) is 3.52. The first-order chi connectivity index (χ1) is 7.79. The van der Waals surface area contributed by atoms with E-state index in [1.807, 2.05) is 0 Å². The first-order valence-corrected chi connectivity index (χ1v) is 6.96. The molecule has 1 aliphatic rings. The molecule has 17 heavy (non-hydrogen) atoms. The zero-order valence-corrected chi connectivity index (χ0v) is 12.3. The predicted octanol–water partition coefficient (Wildman–Crippen LogP) is 3.04. The second-order valence-electron chi connectivity index (χ2n) is 6.88. The van der Waals surface area contributed by atoms with Crippen LogP contribution in [0.15, 0.2) is 11.6 Å². The van der Waals surface area contributed by atoms with E-state index in [2.05, 4.69) is 45.6 Å². The Balaban J connectivity index is 2.39. The van der Waals surface area contributed by atoms with Crippen LogP contribution in [0.4, 0.5) is 0 Å². The molecule has 0 saturated carbocycles. The molecule has 0 saturated heterocycles. The van der Waals surface area contributed by atoms with E-state index in [9.17, 15) is 0 Å². The molecule has 0 unspecified atom stereocenters. The summed E-state index contributed by atoms with van der Waals surface area (Å²) in [5, 5.41) is 0. The lowest BCUT2D eigenvalue weighted by molar-refractivity contribution is 0.252. The van der Waals surface area contributed by atoms with E-state index in [0.29, 0.717) is 17.4 Å². The summed E-state index contributed by atoms with van der Waals surface area (Å²) in [6, 6.07) is 0.333. The average molecular weight is 238 g/mol. The highest BCUT2D eigenvalue weighted by molar-refractivity contribution is 5.14. The molecule has 0 aromatic carbocycles. The summed E-state index contributed by atoms with van der Waals surface area (Å²) >= 11 is 0. The number of hydrogen-bond acceptors (Lipinski definition) is 2. The Bertz CT molecular complexity index is 261. The monoisotopic (exact) mass is 238 g/mol. The van der Waals surface area contributed by atoms with Crippen molar-refractivity contribution in [3.05, 3.63) is 11.6 Å². The van der Waals surface area contributed by atoms with E-state index in [-0.39, 0.29) is 0 Å². The molecule has 0 spiro atoms. The lowest BCUT2D eigenvalue weighted by Gasteiger charge is -2.33. The van der Waals surface area contributed by atoms with Gasteiger partial charge in [-0.1, -0.05) is 46.3 Å². The Morgan fingerprint density at radius 2 is 2.00 bits per heavy atom. The largest absolute Gasteiger partial charge is 0.327 e. The Labute approximate surface area is 107 Å². The molecular formula is C15H30N2. The van der Waals surface area contributed by atoms with E-state index >= 15 is 0 Å². The molecule has 1 rings (SSSR count). The van der Waals surface area contributed by atoms with Gasteiger partial charge in [0.15, 0.2) is 0 Å². The summed E-state index contributed by atoms with van der Waals surface area (Å²) in [5.74, 6) is 0.704. The van der Waals surface area contributed by atoms with Gasteiger partial charge in [0.1, 0.15) is 0 Å². The van der Waals surface area contributed by atoms with Crippen LogP contribution in [0.1, 0.15) is 47.5 Å². The minimum Gasteiger partial charge on any atom is -0.327 e. The average Bonchev–Trinajstić information content (AvgIpc) is 2.15. The first-order valence-electron chi connectivity index (χ1n) is 6.96. The van der Waals surface area contributed by atoms with Crippen LogP contribution >= 0.6 is 0 Å². The molecular weight excluding hydrogens is 208 g/mol. The predicted molar refractivity (Wildman–Crippen MR) is 76.0 cm³/mol. The van der Waals surface area contributed by atoms with Crippen LogP contribution in [0.3, 0.4) is 0 Å². The van der Waals surface area contributed by atoms with Gasteiger partial charge >= 0.3 is 0 Å². The van der Waals surface area contributed by atoms with Crippen molar-refractivity contribution in [1.82, 2.24) is 4.90 Å². The van der Waals surface area contributed by atoms with Crippen LogP contribution in [0.2, 0.25) is 0 Å². The molecule has 0 amide bonds. The van der Waals surface area contributed by atoms with Crippen LogP contribution in [0, 0.1) is 11.3 Å². The Kier molecular flexibility index (Phi) is 5.21. The third kappa shape index (κ3) is 5.22. The zero-order valence-electron chi connectivity index (χ0n) is 12.3. The quantitative estimate of drug-likeness (QED) is 0.763. The van der Waals surface area contributed by atoms with E-state index in [1.54, 1.807) is 5.57 Å². The lowest BCUT2D eigenvalue weighted by Crippen LogP contribution is -2.41. The summed E-state index contributed by atoms with van der Waals surface area (Å²) in [5.41, 5.74) is 8.11. The molecule has 0 fully saturated rings. The van der Waals surface area contributed by atoms with E-state index in [0.717, 1.165) is 19.5 Å². The molecule has 2 nitrogen and oxygen atoms in total. The number of nitrogens with zero attached hydrogens (tertiary/aromatic N) is 1. The second-order valence-corrected chi connectivity index (χ2v) is 6.88. The minimum absolute atomic E-state index is 0.333. The summed E-state index contributed by atoms with van der Waals surface area (Å²) in [6.07, 6.45) is 4.75. The van der Waals surface area contributed by atoms with Gasteiger partial charge in [-0.3, -0.25) is 4.90 Å². The highest BCUT2D eigenvalue weighted by Crippen LogP contribution is 2.30. The standard InChI is InChI=1S/C15H30N2/c1-12(2)10-14(16)11-17-8-6-13(7-9-17)15(3,4)5/h6,12,14H,7-11,16H2,1-5H3/t14-/m1/s1. The normalized spacial score (nSPS) is 20.5. The van der Waals surface area contributed by atoms with E-state index in [1.165, 1.54) is 13.0 Å². The molecule has 1 heterocycles. The molecule has 1 aliphatic heterocycles. The highest BCUT2D eigenvalue weighted by atomic mass is 15.1. The maximum Gasteiger partial charge on any atom is 0.0170 e. The van der Waals surface area contributed by atoms with Crippen molar-refractivity contribution in [2.75, 3.05) is 19.6 Å². The van der Waals surface area contributed by atoms with Crippen LogP contribution < -0.4 is 5.73 Å². The third-order valence-electron chi connectivity index (χ3n) is 3.52. The fourth-order valence-corrected chi connectivity index (χ4v) is 2.57. The van der Waals surface area contributed by atoms with Crippen LogP contribution in [-0.2, 0) is 0 Å². The zero-order chi connectivity index (χ0) is 13.1. The number of rotatable bonds is 4. The van der Waals surface area contributed by atoms with Gasteiger partial charge in [0, 0.05) is 25.7 Å². The van der Waals surface area contributed by atoms with Gasteiger partial charge in [0.2, 0.25) is 0 Å². The van der Waals surface area contributed by atoms with Crippen molar-refractivity contribution in [2.45, 2.75) is 53.5 Å². The van der Waals surface area contributed by atoms with Crippen molar-refractivity contribution >= 4 is 0 Å². The van der Waals surface area contributed by atoms with Gasteiger partial charge in [0.05, 0.1) is 0 Å². The van der Waals surface area contributed by atoms with E-state index in [4.69, 9.17) is 5.73 Å². The Hall–Kier alpha value is -0.340. The van der Waals surface area contributed by atoms with Crippen molar-refractivity contribution in [3.63, 3.8) is 0 Å². The van der Waals surface area contributed by atoms with Crippen molar-refractivity contribution in [2.24, 2.45) is 17.1 Å². The van der Waals surface area contributed by atoms with Crippen molar-refractivity contribution in [3.8, 4) is 0 Å². The molecule has 2 heteroatoms. The minimum atomic E-state index is 0.333. The van der Waals surface area contributed by atoms with Gasteiger partial charge in [-0.25, -0.2) is 0 Å². The van der Waals surface area contributed by atoms with Crippen LogP contribution in [0.5, 0.6) is 0 Å². The molecule has 2 N–H and O–H groups in total. The summed E-state index contributed by atoms with van der Waals surface area (Å²) in [7, 11) is 0. The molecule has 0 radical (unpaired) electrons. The van der Waals surface area contributed by atoms with Gasteiger partial charge in [-0.15, -0.1) is 0 Å². The fourth-order valence-electron chi connectivity index (χ4n) is 2.57. The maximum absolute atomic E-state index is 6.16. The number of nitrogens with two attached hydrogens (primary N) is 1. The summed E-state index contributed by atoms with van der Waals surface area (Å²) in [6.45, 7) is 14.7. The first kappa shape index (κ1) is 14.7. The van der Waals surface area contributed by atoms with Crippen molar-refractivity contribution in [1.29, 1.82) is 0 Å². The smallest absolute Gasteiger partial charge is 0.0170 e. The van der Waals surface area contributed by atoms with E-state index < -0.39 is 0 Å². The number of hydrogen-bond donors (Lipinski definition) is 1. The Morgan fingerprint density at radius 1 is 1.35 bits per heavy atom. The molecule has 100 valence electrons. The lowest BCUT2D eigenvalue weighted by atomic mass is 9.83. The maximum atomic E-state index is 6.16. The molecule has 0 aromatic rings. The van der Waals surface area contributed by atoms with Gasteiger partial charge in [0.25, 0.3) is 0 Å². The van der Waals surface area contributed by atoms with Crippen LogP contribution in [0.25, 0.3) is 0 Å². The Morgan fingerprint density at radius 3 is 2.41 bits per heavy atom. The second kappa shape index (κ2) is 6.01. The SMILES string of the molecule is CC(C)C[C@@H](N)CN1CC=C(C(C)(C)C)CC1. The molecule has 0 bridgehead atoms. The molecule has 0 aliphatic carbocycles. The molecule has 1 atom stereocenters. The summed E-state index contributed by atoms with van der Waals surface area (Å²) < 4.78 is 0. The van der Waals surface area contributed by atoms with Gasteiger partial charge in [-0.2, -0.15) is 0 Å². The molecule has 0 aromatic heterocycles. The van der Waals surface area contributed by atoms with Gasteiger partial charge < -0.3 is 5.73 Å². The fraction of sp³-hybridized carbons (Fsp3) is 0.867. The van der Waals surface area contributed by atoms with Gasteiger partial charge in [-0.05, 0) is 24.2 Å². The summed E-state index contributed by atoms with van der Waals surface area (Å²) in [4.78, 5) is 2.49. The van der Waals surface area contributed by atoms with Crippen LogP contribution in [-0.4, -0.2) is 30.6 Å².